The van der Waals surface area contributed by atoms with Crippen LogP contribution in [0.1, 0.15) is 64.5 Å². The Hall–Kier alpha value is -3.52. The standard InChI is InChI=1S/C32H39ClF3N5O3/c1-21(23-10-13-40(14-11-23)29-37-18-25(33)19-38-29)6-5-7-22-8-9-24(26(34)16-22)17-27(39-30(43)44-31(2,3)4)28(42)41-15-12-32(35,36)20-41/h8-9,16,18-19,21,23,27H,6,10-15,17,20H2,1-4H3,(H,39,43)/t21?,27-/m0/s1. The minimum absolute atomic E-state index is 0.149. The Kier molecular flexibility index (Phi) is 10.7. The van der Waals surface area contributed by atoms with Crippen LogP contribution in [0.2, 0.25) is 5.02 Å². The molecule has 238 valence electrons. The summed E-state index contributed by atoms with van der Waals surface area (Å²) in [5.41, 5.74) is -0.207. The normalized spacial score (nSPS) is 18.3. The van der Waals surface area contributed by atoms with E-state index in [1.807, 2.05) is 0 Å². The quantitative estimate of drug-likeness (QED) is 0.384. The molecule has 12 heteroatoms. The number of hydrogen-bond acceptors (Lipinski definition) is 6. The van der Waals surface area contributed by atoms with Crippen molar-refractivity contribution in [2.75, 3.05) is 31.1 Å². The Morgan fingerprint density at radius 3 is 2.45 bits per heavy atom. The van der Waals surface area contributed by atoms with Crippen molar-refractivity contribution in [3.05, 3.63) is 52.6 Å². The summed E-state index contributed by atoms with van der Waals surface area (Å²) < 4.78 is 48.0. The molecule has 1 unspecified atom stereocenters. The third kappa shape index (κ3) is 9.49. The van der Waals surface area contributed by atoms with E-state index in [0.29, 0.717) is 34.8 Å². The fourth-order valence-electron chi connectivity index (χ4n) is 5.42. The van der Waals surface area contributed by atoms with Crippen molar-refractivity contribution >= 4 is 29.5 Å². The van der Waals surface area contributed by atoms with E-state index in [2.05, 4.69) is 38.9 Å². The summed E-state index contributed by atoms with van der Waals surface area (Å²) in [6.45, 7) is 7.95. The van der Waals surface area contributed by atoms with Gasteiger partial charge in [-0.3, -0.25) is 4.79 Å². The van der Waals surface area contributed by atoms with Gasteiger partial charge in [-0.25, -0.2) is 27.9 Å². The number of nitrogens with zero attached hydrogens (tertiary/aromatic N) is 4. The summed E-state index contributed by atoms with van der Waals surface area (Å²) in [6, 6.07) is 3.17. The summed E-state index contributed by atoms with van der Waals surface area (Å²) in [5.74, 6) is 3.41. The zero-order valence-corrected chi connectivity index (χ0v) is 26.3. The second kappa shape index (κ2) is 14.1. The lowest BCUT2D eigenvalue weighted by molar-refractivity contribution is -0.133. The Morgan fingerprint density at radius 2 is 1.86 bits per heavy atom. The SMILES string of the molecule is CC(CC#Cc1ccc(C[C@H](NC(=O)OC(C)(C)C)C(=O)N2CCC(F)(F)C2)c(F)c1)C1CCN(c2ncc(Cl)cn2)CC1. The third-order valence-corrected chi connectivity index (χ3v) is 8.03. The van der Waals surface area contributed by atoms with Crippen LogP contribution >= 0.6 is 11.6 Å². The van der Waals surface area contributed by atoms with Crippen molar-refractivity contribution < 1.29 is 27.5 Å². The molecule has 2 atom stereocenters. The van der Waals surface area contributed by atoms with Crippen LogP contribution in [0, 0.1) is 29.5 Å². The van der Waals surface area contributed by atoms with Gasteiger partial charge in [-0.15, -0.1) is 0 Å². The summed E-state index contributed by atoms with van der Waals surface area (Å²) in [4.78, 5) is 37.3. The molecule has 1 N–H and O–H groups in total. The van der Waals surface area contributed by atoms with Crippen molar-refractivity contribution in [1.82, 2.24) is 20.2 Å². The van der Waals surface area contributed by atoms with E-state index in [9.17, 15) is 18.4 Å². The number of piperidine rings is 1. The average Bonchev–Trinajstić information content (AvgIpc) is 3.32. The van der Waals surface area contributed by atoms with Crippen LogP contribution in [0.5, 0.6) is 0 Å². The zero-order chi connectivity index (χ0) is 32.1. The van der Waals surface area contributed by atoms with E-state index in [0.717, 1.165) is 30.8 Å². The molecular formula is C32H39ClF3N5O3. The van der Waals surface area contributed by atoms with E-state index in [1.165, 1.54) is 12.1 Å². The summed E-state index contributed by atoms with van der Waals surface area (Å²) in [5, 5.41) is 2.96. The molecule has 1 aromatic heterocycles. The lowest BCUT2D eigenvalue weighted by Crippen LogP contribution is -2.50. The van der Waals surface area contributed by atoms with Gasteiger partial charge in [0.15, 0.2) is 0 Å². The predicted molar refractivity (Wildman–Crippen MR) is 162 cm³/mol. The van der Waals surface area contributed by atoms with Gasteiger partial charge in [-0.05, 0) is 63.1 Å². The van der Waals surface area contributed by atoms with Crippen LogP contribution in [-0.2, 0) is 16.0 Å². The lowest BCUT2D eigenvalue weighted by Gasteiger charge is -2.34. The number of carbonyl (C=O) groups excluding carboxylic acids is 2. The van der Waals surface area contributed by atoms with E-state index >= 15 is 4.39 Å². The molecule has 2 amide bonds. The summed E-state index contributed by atoms with van der Waals surface area (Å²) >= 11 is 5.89. The fourth-order valence-corrected chi connectivity index (χ4v) is 5.52. The summed E-state index contributed by atoms with van der Waals surface area (Å²) in [6.07, 6.45) is 4.26. The van der Waals surface area contributed by atoms with Gasteiger partial charge in [-0.1, -0.05) is 36.4 Å². The van der Waals surface area contributed by atoms with Crippen molar-refractivity contribution in [2.45, 2.75) is 77.4 Å². The van der Waals surface area contributed by atoms with Crippen LogP contribution < -0.4 is 10.2 Å². The van der Waals surface area contributed by atoms with Gasteiger partial charge in [0.05, 0.1) is 24.0 Å². The Bertz CT molecular complexity index is 1380. The van der Waals surface area contributed by atoms with Crippen LogP contribution in [-0.4, -0.2) is 70.6 Å². The zero-order valence-electron chi connectivity index (χ0n) is 25.5. The first-order chi connectivity index (χ1) is 20.7. The summed E-state index contributed by atoms with van der Waals surface area (Å²) in [7, 11) is 0. The minimum atomic E-state index is -3.00. The largest absolute Gasteiger partial charge is 0.444 e. The van der Waals surface area contributed by atoms with E-state index < -0.39 is 48.3 Å². The smallest absolute Gasteiger partial charge is 0.408 e. The maximum Gasteiger partial charge on any atom is 0.408 e. The topological polar surface area (TPSA) is 87.7 Å². The fraction of sp³-hybridized carbons (Fsp3) is 0.562. The number of halogens is 4. The number of aromatic nitrogens is 2. The Labute approximate surface area is 261 Å². The maximum atomic E-state index is 15.2. The highest BCUT2D eigenvalue weighted by atomic mass is 35.5. The first-order valence-electron chi connectivity index (χ1n) is 14.8. The number of alkyl halides is 2. The number of rotatable bonds is 7. The van der Waals surface area contributed by atoms with Gasteiger partial charge in [0, 0.05) is 44.5 Å². The van der Waals surface area contributed by atoms with Gasteiger partial charge in [-0.2, -0.15) is 0 Å². The van der Waals surface area contributed by atoms with Gasteiger partial charge in [0.2, 0.25) is 11.9 Å². The number of anilines is 1. The highest BCUT2D eigenvalue weighted by molar-refractivity contribution is 6.30. The highest BCUT2D eigenvalue weighted by Gasteiger charge is 2.42. The number of benzene rings is 1. The van der Waals surface area contributed by atoms with Crippen molar-refractivity contribution in [1.29, 1.82) is 0 Å². The average molecular weight is 634 g/mol. The third-order valence-electron chi connectivity index (χ3n) is 7.84. The van der Waals surface area contributed by atoms with E-state index in [-0.39, 0.29) is 18.5 Å². The van der Waals surface area contributed by atoms with Crippen LogP contribution in [0.3, 0.4) is 0 Å². The van der Waals surface area contributed by atoms with E-state index in [4.69, 9.17) is 16.3 Å². The molecule has 1 aromatic carbocycles. The molecule has 0 spiro atoms. The first-order valence-corrected chi connectivity index (χ1v) is 15.2. The number of carbonyl (C=O) groups is 2. The number of nitrogens with one attached hydrogen (secondary N) is 1. The van der Waals surface area contributed by atoms with Crippen LogP contribution in [0.25, 0.3) is 0 Å². The van der Waals surface area contributed by atoms with Crippen molar-refractivity contribution in [3.63, 3.8) is 0 Å². The first kappa shape index (κ1) is 33.4. The number of ether oxygens (including phenoxy) is 1. The Morgan fingerprint density at radius 1 is 1.18 bits per heavy atom. The second-order valence-electron chi connectivity index (χ2n) is 12.6. The molecule has 0 radical (unpaired) electrons. The molecule has 2 aliphatic heterocycles. The number of alkyl carbamates (subject to hydrolysis) is 1. The van der Waals surface area contributed by atoms with Crippen molar-refractivity contribution in [2.24, 2.45) is 11.8 Å². The molecule has 2 aliphatic rings. The molecule has 0 bridgehead atoms. The van der Waals surface area contributed by atoms with Crippen molar-refractivity contribution in [3.8, 4) is 11.8 Å². The van der Waals surface area contributed by atoms with Gasteiger partial charge in [0.1, 0.15) is 17.5 Å². The molecule has 44 heavy (non-hydrogen) atoms. The predicted octanol–water partition coefficient (Wildman–Crippen LogP) is 5.87. The Balaban J connectivity index is 1.35. The molecule has 8 nitrogen and oxygen atoms in total. The maximum absolute atomic E-state index is 15.2. The molecule has 4 rings (SSSR count). The molecular weight excluding hydrogens is 595 g/mol. The lowest BCUT2D eigenvalue weighted by atomic mass is 9.84. The molecule has 2 saturated heterocycles. The van der Waals surface area contributed by atoms with Crippen LogP contribution in [0.15, 0.2) is 30.6 Å². The number of hydrogen-bond donors (Lipinski definition) is 1. The van der Waals surface area contributed by atoms with Gasteiger partial charge < -0.3 is 19.9 Å². The van der Waals surface area contributed by atoms with Crippen LogP contribution in [0.4, 0.5) is 23.9 Å². The molecule has 0 saturated carbocycles. The highest BCUT2D eigenvalue weighted by Crippen LogP contribution is 2.29. The second-order valence-corrected chi connectivity index (χ2v) is 13.0. The minimum Gasteiger partial charge on any atom is -0.444 e. The molecule has 0 aliphatic carbocycles. The van der Waals surface area contributed by atoms with Gasteiger partial charge in [0.25, 0.3) is 5.92 Å². The molecule has 3 heterocycles. The molecule has 2 fully saturated rings. The molecule has 2 aromatic rings. The number of likely N-dealkylation sites (tertiary alicyclic amines) is 1. The van der Waals surface area contributed by atoms with E-state index in [1.54, 1.807) is 39.2 Å². The number of amides is 2. The monoisotopic (exact) mass is 633 g/mol. The van der Waals surface area contributed by atoms with Gasteiger partial charge >= 0.3 is 6.09 Å².